The van der Waals surface area contributed by atoms with Crippen LogP contribution < -0.4 is 11.0 Å². The number of H-pyrrole nitrogens is 2. The highest BCUT2D eigenvalue weighted by Crippen LogP contribution is 2.16. The summed E-state index contributed by atoms with van der Waals surface area (Å²) in [7, 11) is 0. The second-order valence-electron chi connectivity index (χ2n) is 5.87. The van der Waals surface area contributed by atoms with Crippen LogP contribution in [0.2, 0.25) is 0 Å². The number of hydrogen-bond donors (Lipinski definition) is 2. The molecule has 0 fully saturated rings. The number of aromatic amines is 2. The van der Waals surface area contributed by atoms with Gasteiger partial charge in [-0.1, -0.05) is 30.3 Å². The fraction of sp³-hybridized carbons (Fsp3) is 0.111. The second kappa shape index (κ2) is 5.55. The predicted octanol–water partition coefficient (Wildman–Crippen LogP) is 2.08. The summed E-state index contributed by atoms with van der Waals surface area (Å²) in [5.41, 5.74) is 2.50. The molecule has 0 aliphatic heterocycles. The molecule has 25 heavy (non-hydrogen) atoms. The number of fused-ring (bicyclic) bond motifs is 1. The maximum Gasteiger partial charge on any atom is 0.287 e. The summed E-state index contributed by atoms with van der Waals surface area (Å²) in [4.78, 5) is 36.8. The molecule has 0 amide bonds. The van der Waals surface area contributed by atoms with Crippen LogP contribution in [0.15, 0.2) is 52.1 Å². The molecule has 7 heteroatoms. The molecular formula is C18H15N5O2. The molecule has 0 radical (unpaired) electrons. The first-order valence-corrected chi connectivity index (χ1v) is 7.79. The average molecular weight is 333 g/mol. The third-order valence-electron chi connectivity index (χ3n) is 3.93. The van der Waals surface area contributed by atoms with E-state index < -0.39 is 5.56 Å². The number of nitrogens with one attached hydrogen (secondary N) is 2. The second-order valence-corrected chi connectivity index (χ2v) is 5.87. The van der Waals surface area contributed by atoms with Gasteiger partial charge in [0.05, 0.1) is 5.69 Å². The van der Waals surface area contributed by atoms with Gasteiger partial charge in [-0.05, 0) is 25.5 Å². The van der Waals surface area contributed by atoms with Crippen LogP contribution in [0.25, 0.3) is 28.2 Å². The monoisotopic (exact) mass is 333 g/mol. The lowest BCUT2D eigenvalue weighted by molar-refractivity contribution is 0.778. The number of hydrogen-bond acceptors (Lipinski definition) is 4. The van der Waals surface area contributed by atoms with E-state index in [0.717, 1.165) is 17.0 Å². The van der Waals surface area contributed by atoms with Gasteiger partial charge in [-0.25, -0.2) is 9.97 Å². The number of aromatic nitrogens is 5. The first kappa shape index (κ1) is 15.1. The Morgan fingerprint density at radius 1 is 0.960 bits per heavy atom. The SMILES string of the molecule is Cc1cc(C)nc(-n2[nH]c3[nH]c(-c4ccccc4)cc(=O)c3c2=O)n1. The van der Waals surface area contributed by atoms with Gasteiger partial charge in [0.25, 0.3) is 11.5 Å². The highest BCUT2D eigenvalue weighted by Gasteiger charge is 2.15. The van der Waals surface area contributed by atoms with Crippen LogP contribution in [-0.2, 0) is 0 Å². The van der Waals surface area contributed by atoms with E-state index in [9.17, 15) is 9.59 Å². The lowest BCUT2D eigenvalue weighted by Gasteiger charge is -2.02. The third kappa shape index (κ3) is 2.55. The van der Waals surface area contributed by atoms with Gasteiger partial charge in [-0.2, -0.15) is 4.68 Å². The standard InChI is InChI=1S/C18H15N5O2/c1-10-8-11(2)20-18(19-10)23-17(25)15-14(24)9-13(21-16(15)22-23)12-6-4-3-5-7-12/h3-9H,1-2H3,(H2,21,22,24). The van der Waals surface area contributed by atoms with Crippen LogP contribution >= 0.6 is 0 Å². The normalized spacial score (nSPS) is 11.1. The molecule has 0 aliphatic rings. The van der Waals surface area contributed by atoms with Crippen molar-refractivity contribution in [3.8, 4) is 17.2 Å². The molecule has 7 nitrogen and oxygen atoms in total. The largest absolute Gasteiger partial charge is 0.339 e. The van der Waals surface area contributed by atoms with Crippen molar-refractivity contribution in [1.82, 2.24) is 24.7 Å². The van der Waals surface area contributed by atoms with Gasteiger partial charge >= 0.3 is 0 Å². The molecule has 0 spiro atoms. The Morgan fingerprint density at radius 3 is 2.32 bits per heavy atom. The summed E-state index contributed by atoms with van der Waals surface area (Å²) in [6, 6.07) is 12.7. The van der Waals surface area contributed by atoms with Crippen molar-refractivity contribution in [1.29, 1.82) is 0 Å². The highest BCUT2D eigenvalue weighted by atomic mass is 16.1. The minimum atomic E-state index is -0.471. The van der Waals surface area contributed by atoms with Crippen molar-refractivity contribution in [2.75, 3.05) is 0 Å². The van der Waals surface area contributed by atoms with Crippen LogP contribution in [0.4, 0.5) is 0 Å². The molecule has 4 rings (SSSR count). The molecule has 0 saturated heterocycles. The van der Waals surface area contributed by atoms with E-state index in [1.165, 1.54) is 10.7 Å². The number of benzene rings is 1. The van der Waals surface area contributed by atoms with E-state index in [2.05, 4.69) is 20.1 Å². The Labute approximate surface area is 142 Å². The molecule has 2 N–H and O–H groups in total. The van der Waals surface area contributed by atoms with Crippen molar-refractivity contribution < 1.29 is 0 Å². The Morgan fingerprint density at radius 2 is 1.64 bits per heavy atom. The van der Waals surface area contributed by atoms with Crippen LogP contribution in [0.1, 0.15) is 11.4 Å². The maximum atomic E-state index is 12.7. The van der Waals surface area contributed by atoms with Gasteiger partial charge in [-0.3, -0.25) is 14.7 Å². The topological polar surface area (TPSA) is 96.4 Å². The Hall–Kier alpha value is -3.48. The number of rotatable bonds is 2. The van der Waals surface area contributed by atoms with Gasteiger partial charge in [0.2, 0.25) is 0 Å². The number of nitrogens with zero attached hydrogens (tertiary/aromatic N) is 3. The highest BCUT2D eigenvalue weighted by molar-refractivity contribution is 5.77. The number of pyridine rings is 1. The van der Waals surface area contributed by atoms with Gasteiger partial charge in [0.1, 0.15) is 11.0 Å². The minimum absolute atomic E-state index is 0.0578. The molecule has 4 aromatic rings. The fourth-order valence-corrected chi connectivity index (χ4v) is 2.85. The van der Waals surface area contributed by atoms with Crippen LogP contribution in [0, 0.1) is 13.8 Å². The molecule has 3 aromatic heterocycles. The Kier molecular flexibility index (Phi) is 3.35. The maximum absolute atomic E-state index is 12.7. The van der Waals surface area contributed by atoms with E-state index in [0.29, 0.717) is 11.3 Å². The van der Waals surface area contributed by atoms with Crippen LogP contribution in [0.5, 0.6) is 0 Å². The molecule has 0 atom stereocenters. The van der Waals surface area contributed by atoms with E-state index in [-0.39, 0.29) is 16.8 Å². The van der Waals surface area contributed by atoms with E-state index in [1.807, 2.05) is 50.2 Å². The Balaban J connectivity index is 1.98. The minimum Gasteiger partial charge on any atom is -0.339 e. The van der Waals surface area contributed by atoms with Crippen molar-refractivity contribution in [2.24, 2.45) is 0 Å². The van der Waals surface area contributed by atoms with Crippen molar-refractivity contribution in [3.63, 3.8) is 0 Å². The molecule has 3 heterocycles. The van der Waals surface area contributed by atoms with E-state index in [1.54, 1.807) is 0 Å². The summed E-state index contributed by atoms with van der Waals surface area (Å²) in [6.45, 7) is 3.65. The zero-order valence-corrected chi connectivity index (χ0v) is 13.7. The zero-order valence-electron chi connectivity index (χ0n) is 13.7. The molecule has 0 saturated carbocycles. The lowest BCUT2D eigenvalue weighted by atomic mass is 10.1. The molecule has 0 unspecified atom stereocenters. The molecule has 0 aliphatic carbocycles. The van der Waals surface area contributed by atoms with Gasteiger partial charge < -0.3 is 4.98 Å². The lowest BCUT2D eigenvalue weighted by Crippen LogP contribution is -2.20. The summed E-state index contributed by atoms with van der Waals surface area (Å²) >= 11 is 0. The molecule has 0 bridgehead atoms. The van der Waals surface area contributed by atoms with E-state index >= 15 is 0 Å². The van der Waals surface area contributed by atoms with Crippen molar-refractivity contribution in [2.45, 2.75) is 13.8 Å². The summed E-state index contributed by atoms with van der Waals surface area (Å²) in [5.74, 6) is 0.216. The van der Waals surface area contributed by atoms with Gasteiger partial charge in [0.15, 0.2) is 5.43 Å². The molecular weight excluding hydrogens is 318 g/mol. The Bertz CT molecular complexity index is 1180. The summed E-state index contributed by atoms with van der Waals surface area (Å²) in [6.07, 6.45) is 0. The predicted molar refractivity (Wildman–Crippen MR) is 95.0 cm³/mol. The molecule has 124 valence electrons. The van der Waals surface area contributed by atoms with Crippen LogP contribution in [0.3, 0.4) is 0 Å². The van der Waals surface area contributed by atoms with Gasteiger partial charge in [0, 0.05) is 17.5 Å². The third-order valence-corrected chi connectivity index (χ3v) is 3.93. The van der Waals surface area contributed by atoms with Gasteiger partial charge in [-0.15, -0.1) is 0 Å². The van der Waals surface area contributed by atoms with E-state index in [4.69, 9.17) is 0 Å². The summed E-state index contributed by atoms with van der Waals surface area (Å²) in [5, 5.41) is 2.97. The van der Waals surface area contributed by atoms with Crippen molar-refractivity contribution in [3.05, 3.63) is 74.4 Å². The number of aryl methyl sites for hydroxylation is 2. The van der Waals surface area contributed by atoms with Crippen molar-refractivity contribution >= 4 is 11.0 Å². The summed E-state index contributed by atoms with van der Waals surface area (Å²) < 4.78 is 1.19. The zero-order chi connectivity index (χ0) is 17.6. The first-order chi connectivity index (χ1) is 12.0. The quantitative estimate of drug-likeness (QED) is 0.587. The average Bonchev–Trinajstić information content (AvgIpc) is 2.92. The fourth-order valence-electron chi connectivity index (χ4n) is 2.85. The molecule has 1 aromatic carbocycles. The smallest absolute Gasteiger partial charge is 0.287 e. The van der Waals surface area contributed by atoms with Crippen LogP contribution in [-0.4, -0.2) is 24.7 Å². The first-order valence-electron chi connectivity index (χ1n) is 7.79.